The fraction of sp³-hybridized carbons (Fsp3) is 0.214. The number of hydrogen-bond donors (Lipinski definition) is 1. The van der Waals surface area contributed by atoms with E-state index in [9.17, 15) is 0 Å². The number of benzene rings is 1. The van der Waals surface area contributed by atoms with Gasteiger partial charge < -0.3 is 10.5 Å². The Balaban J connectivity index is 2.09. The fourth-order valence-electron chi connectivity index (χ4n) is 2.22. The van der Waals surface area contributed by atoms with Crippen molar-refractivity contribution in [3.05, 3.63) is 47.2 Å². The molecular weight excluding hydrogens is 212 g/mol. The lowest BCUT2D eigenvalue weighted by Crippen LogP contribution is -1.93. The lowest BCUT2D eigenvalue weighted by Gasteiger charge is -2.07. The van der Waals surface area contributed by atoms with Crippen LogP contribution in [0, 0.1) is 6.92 Å². The van der Waals surface area contributed by atoms with E-state index < -0.39 is 0 Å². The van der Waals surface area contributed by atoms with Crippen molar-refractivity contribution in [2.45, 2.75) is 20.1 Å². The molecule has 0 saturated heterocycles. The molecule has 3 nitrogen and oxygen atoms in total. The van der Waals surface area contributed by atoms with E-state index in [1.54, 1.807) is 0 Å². The van der Waals surface area contributed by atoms with Crippen LogP contribution in [0.15, 0.2) is 30.5 Å². The Bertz CT molecular complexity index is 578. The number of aromatic nitrogens is 1. The van der Waals surface area contributed by atoms with Crippen LogP contribution in [0.3, 0.4) is 0 Å². The number of nitrogens with zero attached hydrogens (tertiary/aromatic N) is 1. The summed E-state index contributed by atoms with van der Waals surface area (Å²) < 4.78 is 5.42. The molecular formula is C14H14N2O. The fourth-order valence-corrected chi connectivity index (χ4v) is 2.22. The highest BCUT2D eigenvalue weighted by Gasteiger charge is 2.12. The Kier molecular flexibility index (Phi) is 2.34. The van der Waals surface area contributed by atoms with Crippen LogP contribution in [0.4, 0.5) is 5.82 Å². The second-order valence-corrected chi connectivity index (χ2v) is 4.40. The zero-order chi connectivity index (χ0) is 11.8. The number of hydrogen-bond acceptors (Lipinski definition) is 3. The van der Waals surface area contributed by atoms with Crippen molar-refractivity contribution < 1.29 is 4.74 Å². The Labute approximate surface area is 100 Å². The molecule has 0 spiro atoms. The van der Waals surface area contributed by atoms with Crippen LogP contribution < -0.4 is 5.73 Å². The lowest BCUT2D eigenvalue weighted by molar-refractivity contribution is 0.134. The van der Waals surface area contributed by atoms with E-state index in [0.29, 0.717) is 12.4 Å². The third-order valence-corrected chi connectivity index (χ3v) is 3.16. The summed E-state index contributed by atoms with van der Waals surface area (Å²) in [4.78, 5) is 4.16. The first-order valence-electron chi connectivity index (χ1n) is 5.66. The average Bonchev–Trinajstić information content (AvgIpc) is 2.75. The monoisotopic (exact) mass is 226 g/mol. The topological polar surface area (TPSA) is 48.1 Å². The molecule has 1 aliphatic rings. The molecule has 0 atom stereocenters. The van der Waals surface area contributed by atoms with E-state index in [-0.39, 0.29) is 0 Å². The predicted octanol–water partition coefficient (Wildman–Crippen LogP) is 2.67. The quantitative estimate of drug-likeness (QED) is 0.813. The van der Waals surface area contributed by atoms with Gasteiger partial charge in [0.05, 0.1) is 13.2 Å². The molecule has 0 radical (unpaired) electrons. The number of anilines is 1. The number of ether oxygens (including phenoxy) is 1. The van der Waals surface area contributed by atoms with Crippen LogP contribution in [0.25, 0.3) is 11.1 Å². The average molecular weight is 226 g/mol. The Hall–Kier alpha value is -1.87. The highest BCUT2D eigenvalue weighted by Crippen LogP contribution is 2.28. The smallest absolute Gasteiger partial charge is 0.123 e. The van der Waals surface area contributed by atoms with Crippen LogP contribution in [-0.4, -0.2) is 4.98 Å². The van der Waals surface area contributed by atoms with Gasteiger partial charge in [-0.2, -0.15) is 0 Å². The summed E-state index contributed by atoms with van der Waals surface area (Å²) in [5, 5.41) is 0. The second kappa shape index (κ2) is 3.86. The molecule has 1 aliphatic heterocycles. The van der Waals surface area contributed by atoms with Crippen molar-refractivity contribution in [1.29, 1.82) is 0 Å². The van der Waals surface area contributed by atoms with Crippen LogP contribution in [-0.2, 0) is 18.0 Å². The van der Waals surface area contributed by atoms with Crippen molar-refractivity contribution >= 4 is 5.82 Å². The van der Waals surface area contributed by atoms with Gasteiger partial charge in [-0.25, -0.2) is 4.98 Å². The van der Waals surface area contributed by atoms with Gasteiger partial charge in [-0.1, -0.05) is 12.1 Å². The van der Waals surface area contributed by atoms with Gasteiger partial charge in [-0.3, -0.25) is 0 Å². The molecule has 0 saturated carbocycles. The van der Waals surface area contributed by atoms with Gasteiger partial charge in [0.25, 0.3) is 0 Å². The van der Waals surface area contributed by atoms with Crippen molar-refractivity contribution in [3.8, 4) is 11.1 Å². The standard InChI is InChI=1S/C14H14N2O/c1-9-4-14(15)16-6-13(9)10-2-3-11-7-17-8-12(11)5-10/h2-6H,7-8H2,1H3,(H2,15,16). The van der Waals surface area contributed by atoms with Crippen LogP contribution in [0.1, 0.15) is 16.7 Å². The summed E-state index contributed by atoms with van der Waals surface area (Å²) in [5.41, 5.74) is 11.7. The first kappa shape index (κ1) is 10.3. The third-order valence-electron chi connectivity index (χ3n) is 3.16. The van der Waals surface area contributed by atoms with Crippen LogP contribution >= 0.6 is 0 Å². The van der Waals surface area contributed by atoms with E-state index in [0.717, 1.165) is 17.7 Å². The minimum atomic E-state index is 0.566. The molecule has 0 aliphatic carbocycles. The second-order valence-electron chi connectivity index (χ2n) is 4.40. The third kappa shape index (κ3) is 1.78. The van der Waals surface area contributed by atoms with Gasteiger partial charge in [-0.15, -0.1) is 0 Å². The van der Waals surface area contributed by atoms with Gasteiger partial charge in [0.1, 0.15) is 5.82 Å². The molecule has 2 heterocycles. The number of fused-ring (bicyclic) bond motifs is 1. The zero-order valence-electron chi connectivity index (χ0n) is 9.73. The number of nitrogens with two attached hydrogens (primary N) is 1. The molecule has 0 fully saturated rings. The first-order chi connectivity index (χ1) is 8.24. The molecule has 1 aromatic carbocycles. The van der Waals surface area contributed by atoms with Crippen LogP contribution in [0.2, 0.25) is 0 Å². The summed E-state index contributed by atoms with van der Waals surface area (Å²) in [6.45, 7) is 3.50. The van der Waals surface area contributed by atoms with Crippen LogP contribution in [0.5, 0.6) is 0 Å². The van der Waals surface area contributed by atoms with E-state index in [4.69, 9.17) is 10.5 Å². The van der Waals surface area contributed by atoms with Gasteiger partial charge in [-0.05, 0) is 41.3 Å². The van der Waals surface area contributed by atoms with E-state index in [1.807, 2.05) is 12.3 Å². The van der Waals surface area contributed by atoms with Gasteiger partial charge in [0, 0.05) is 11.8 Å². The maximum atomic E-state index is 5.66. The minimum Gasteiger partial charge on any atom is -0.384 e. The predicted molar refractivity (Wildman–Crippen MR) is 67.3 cm³/mol. The minimum absolute atomic E-state index is 0.566. The molecule has 3 heteroatoms. The zero-order valence-corrected chi connectivity index (χ0v) is 9.73. The summed E-state index contributed by atoms with van der Waals surface area (Å²) in [6.07, 6.45) is 1.84. The maximum absolute atomic E-state index is 5.66. The summed E-state index contributed by atoms with van der Waals surface area (Å²) in [6, 6.07) is 8.34. The molecule has 0 unspecified atom stereocenters. The molecule has 2 aromatic rings. The molecule has 0 bridgehead atoms. The summed E-state index contributed by atoms with van der Waals surface area (Å²) >= 11 is 0. The largest absolute Gasteiger partial charge is 0.384 e. The highest BCUT2D eigenvalue weighted by atomic mass is 16.5. The lowest BCUT2D eigenvalue weighted by atomic mass is 9.99. The SMILES string of the molecule is Cc1cc(N)ncc1-c1ccc2c(c1)COC2. The molecule has 17 heavy (non-hydrogen) atoms. The maximum Gasteiger partial charge on any atom is 0.123 e. The molecule has 86 valence electrons. The molecule has 1 aromatic heterocycles. The highest BCUT2D eigenvalue weighted by molar-refractivity contribution is 5.68. The van der Waals surface area contributed by atoms with Crippen molar-refractivity contribution in [3.63, 3.8) is 0 Å². The summed E-state index contributed by atoms with van der Waals surface area (Å²) in [5.74, 6) is 0.566. The summed E-state index contributed by atoms with van der Waals surface area (Å²) in [7, 11) is 0. The first-order valence-corrected chi connectivity index (χ1v) is 5.66. The van der Waals surface area contributed by atoms with Crippen molar-refractivity contribution in [2.75, 3.05) is 5.73 Å². The van der Waals surface area contributed by atoms with Crippen molar-refractivity contribution in [2.24, 2.45) is 0 Å². The number of rotatable bonds is 1. The Morgan fingerprint density at radius 1 is 1.18 bits per heavy atom. The number of pyridine rings is 1. The number of aryl methyl sites for hydroxylation is 1. The normalized spacial score (nSPS) is 13.7. The Morgan fingerprint density at radius 2 is 2.00 bits per heavy atom. The molecule has 0 amide bonds. The van der Waals surface area contributed by atoms with Crippen molar-refractivity contribution in [1.82, 2.24) is 4.98 Å². The molecule has 2 N–H and O–H groups in total. The molecule has 3 rings (SSSR count). The van der Waals surface area contributed by atoms with Gasteiger partial charge in [0.2, 0.25) is 0 Å². The van der Waals surface area contributed by atoms with Gasteiger partial charge in [0.15, 0.2) is 0 Å². The Morgan fingerprint density at radius 3 is 2.82 bits per heavy atom. The van der Waals surface area contributed by atoms with E-state index in [1.165, 1.54) is 16.7 Å². The van der Waals surface area contributed by atoms with E-state index >= 15 is 0 Å². The van der Waals surface area contributed by atoms with Gasteiger partial charge >= 0.3 is 0 Å². The number of nitrogen functional groups attached to an aromatic ring is 1. The van der Waals surface area contributed by atoms with E-state index in [2.05, 4.69) is 30.1 Å².